The molecule has 0 bridgehead atoms. The van der Waals surface area contributed by atoms with Crippen molar-refractivity contribution in [1.29, 1.82) is 0 Å². The first kappa shape index (κ1) is 28.2. The Hall–Kier alpha value is -3.32. The Kier molecular flexibility index (Phi) is 7.47. The number of fused-ring (bicyclic) bond motifs is 3. The smallest absolute Gasteiger partial charge is 0.251 e. The molecule has 1 heterocycles. The van der Waals surface area contributed by atoms with E-state index in [1.807, 2.05) is 0 Å². The second-order valence-electron chi connectivity index (χ2n) is 12.0. The fourth-order valence-electron chi connectivity index (χ4n) is 7.57. The SMILES string of the molecule is CN(C)[C@@H]1C(O)=C(C(N)=O)C(C)(O)C2C(O)=C3C(=O)c4c(O)ccc(C#CCCN5CCCCC5)c4CC3CC21. The summed E-state index contributed by atoms with van der Waals surface area (Å²) in [7, 11) is 3.48. The number of piperidine rings is 1. The van der Waals surface area contributed by atoms with Gasteiger partial charge in [-0.25, -0.2) is 0 Å². The molecule has 0 aromatic heterocycles. The first-order valence-electron chi connectivity index (χ1n) is 14.1. The number of amides is 1. The summed E-state index contributed by atoms with van der Waals surface area (Å²) in [6, 6.07) is 2.49. The molecule has 0 saturated carbocycles. The first-order valence-corrected chi connectivity index (χ1v) is 14.1. The highest BCUT2D eigenvalue weighted by atomic mass is 16.3. The van der Waals surface area contributed by atoms with Gasteiger partial charge in [0.05, 0.1) is 23.1 Å². The molecule has 1 fully saturated rings. The molecule has 1 aliphatic heterocycles. The van der Waals surface area contributed by atoms with Crippen LogP contribution < -0.4 is 5.73 Å². The van der Waals surface area contributed by atoms with Crippen LogP contribution in [0, 0.1) is 29.6 Å². The van der Waals surface area contributed by atoms with Crippen LogP contribution in [0.4, 0.5) is 0 Å². The molecule has 1 saturated heterocycles. The molecule has 3 aliphatic carbocycles. The maximum absolute atomic E-state index is 13.9. The highest BCUT2D eigenvalue weighted by Gasteiger charge is 2.59. The van der Waals surface area contributed by atoms with E-state index in [2.05, 4.69) is 16.7 Å². The van der Waals surface area contributed by atoms with E-state index in [4.69, 9.17) is 5.73 Å². The van der Waals surface area contributed by atoms with E-state index in [9.17, 15) is 30.0 Å². The average molecular weight is 550 g/mol. The number of nitrogens with zero attached hydrogens (tertiary/aromatic N) is 2. The summed E-state index contributed by atoms with van der Waals surface area (Å²) < 4.78 is 0. The van der Waals surface area contributed by atoms with Crippen LogP contribution in [-0.2, 0) is 11.2 Å². The second kappa shape index (κ2) is 10.6. The van der Waals surface area contributed by atoms with E-state index in [-0.39, 0.29) is 34.0 Å². The molecule has 5 atom stereocenters. The number of aliphatic hydroxyl groups is 3. The number of nitrogens with two attached hydrogens (primary N) is 1. The number of rotatable bonds is 4. The largest absolute Gasteiger partial charge is 0.511 e. The van der Waals surface area contributed by atoms with Crippen LogP contribution in [0.1, 0.15) is 60.5 Å². The van der Waals surface area contributed by atoms with Gasteiger partial charge in [-0.3, -0.25) is 14.5 Å². The zero-order valence-electron chi connectivity index (χ0n) is 23.4. The Morgan fingerprint density at radius 2 is 1.85 bits per heavy atom. The second-order valence-corrected chi connectivity index (χ2v) is 12.0. The van der Waals surface area contributed by atoms with E-state index >= 15 is 0 Å². The molecule has 1 aromatic carbocycles. The summed E-state index contributed by atoms with van der Waals surface area (Å²) in [5.74, 6) is 2.17. The lowest BCUT2D eigenvalue weighted by atomic mass is 9.57. The first-order chi connectivity index (χ1) is 18.9. The van der Waals surface area contributed by atoms with Crippen molar-refractivity contribution in [2.45, 2.75) is 57.1 Å². The van der Waals surface area contributed by atoms with Crippen molar-refractivity contribution in [3.05, 3.63) is 51.5 Å². The predicted octanol–water partition coefficient (Wildman–Crippen LogP) is 2.42. The normalized spacial score (nSPS) is 30.4. The summed E-state index contributed by atoms with van der Waals surface area (Å²) in [6.07, 6.45) is 5.14. The minimum atomic E-state index is -2.00. The van der Waals surface area contributed by atoms with Gasteiger partial charge in [0.15, 0.2) is 5.78 Å². The Bertz CT molecular complexity index is 1360. The molecule has 5 rings (SSSR count). The zero-order chi connectivity index (χ0) is 28.9. The number of hydrogen-bond donors (Lipinski definition) is 5. The number of aromatic hydroxyl groups is 1. The number of carbonyl (C=O) groups is 2. The summed E-state index contributed by atoms with van der Waals surface area (Å²) in [6.45, 7) is 4.43. The van der Waals surface area contributed by atoms with Gasteiger partial charge in [0.25, 0.3) is 5.91 Å². The van der Waals surface area contributed by atoms with Gasteiger partial charge in [-0.2, -0.15) is 0 Å². The van der Waals surface area contributed by atoms with Crippen LogP contribution in [0.25, 0.3) is 0 Å². The van der Waals surface area contributed by atoms with Gasteiger partial charge >= 0.3 is 0 Å². The quantitative estimate of drug-likeness (QED) is 0.360. The number of phenols is 1. The molecule has 0 radical (unpaired) electrons. The van der Waals surface area contributed by atoms with Crippen LogP contribution in [0.5, 0.6) is 5.75 Å². The molecular weight excluding hydrogens is 510 g/mol. The predicted molar refractivity (Wildman–Crippen MR) is 150 cm³/mol. The lowest BCUT2D eigenvalue weighted by Crippen LogP contribution is -2.59. The maximum atomic E-state index is 13.9. The number of allylic oxidation sites excluding steroid dienone is 1. The summed E-state index contributed by atoms with van der Waals surface area (Å²) >= 11 is 0. The van der Waals surface area contributed by atoms with Crippen molar-refractivity contribution in [3.8, 4) is 17.6 Å². The lowest BCUT2D eigenvalue weighted by molar-refractivity contribution is -0.120. The lowest BCUT2D eigenvalue weighted by Gasteiger charge is -2.52. The van der Waals surface area contributed by atoms with Crippen LogP contribution in [0.3, 0.4) is 0 Å². The molecule has 40 heavy (non-hydrogen) atoms. The number of Topliss-reactive ketones (excluding diaryl/α,β-unsaturated/α-hetero) is 1. The Morgan fingerprint density at radius 1 is 1.15 bits per heavy atom. The third-order valence-corrected chi connectivity index (χ3v) is 9.26. The molecule has 9 heteroatoms. The highest BCUT2D eigenvalue weighted by Crippen LogP contribution is 2.54. The van der Waals surface area contributed by atoms with E-state index in [1.165, 1.54) is 32.3 Å². The Labute approximate surface area is 235 Å². The summed E-state index contributed by atoms with van der Waals surface area (Å²) in [5, 5.41) is 44.9. The monoisotopic (exact) mass is 549 g/mol. The molecule has 1 amide bonds. The standard InChI is InChI=1S/C31H39N3O6/c1-31(40)24-20(26(33(2)3)29(38)25(31)30(32)39)16-18-15-19-17(9-5-8-14-34-12-6-4-7-13-34)10-11-21(35)23(19)27(36)22(18)28(24)37/h10-11,18,20,24,26,35,37-38,40H,4,6-8,12-16H2,1-3H3,(H2,32,39)/t18?,20?,24?,26-,31?/m0/s1. The van der Waals surface area contributed by atoms with Gasteiger partial charge in [-0.05, 0) is 89.3 Å². The van der Waals surface area contributed by atoms with Crippen molar-refractivity contribution < 1.29 is 30.0 Å². The minimum Gasteiger partial charge on any atom is -0.511 e. The van der Waals surface area contributed by atoms with Crippen molar-refractivity contribution >= 4 is 11.7 Å². The van der Waals surface area contributed by atoms with Gasteiger partial charge in [-0.15, -0.1) is 0 Å². The Morgan fingerprint density at radius 3 is 2.50 bits per heavy atom. The molecule has 4 aliphatic rings. The van der Waals surface area contributed by atoms with Gasteiger partial charge in [0, 0.05) is 24.1 Å². The third-order valence-electron chi connectivity index (χ3n) is 9.26. The Balaban J connectivity index is 1.53. The van der Waals surface area contributed by atoms with E-state index in [1.54, 1.807) is 25.1 Å². The van der Waals surface area contributed by atoms with Gasteiger partial charge in [0.2, 0.25) is 0 Å². The third kappa shape index (κ3) is 4.58. The number of phenolic OH excluding ortho intramolecular Hbond substituents is 1. The van der Waals surface area contributed by atoms with E-state index < -0.39 is 41.1 Å². The molecule has 9 nitrogen and oxygen atoms in total. The van der Waals surface area contributed by atoms with Crippen molar-refractivity contribution in [3.63, 3.8) is 0 Å². The van der Waals surface area contributed by atoms with Gasteiger partial charge < -0.3 is 31.1 Å². The minimum absolute atomic E-state index is 0.118. The number of aliphatic hydroxyl groups excluding tert-OH is 2. The van der Waals surface area contributed by atoms with Gasteiger partial charge in [-0.1, -0.05) is 18.3 Å². The molecule has 214 valence electrons. The number of primary amides is 1. The zero-order valence-corrected chi connectivity index (χ0v) is 23.4. The van der Waals surface area contributed by atoms with Crippen LogP contribution in [0.2, 0.25) is 0 Å². The van der Waals surface area contributed by atoms with Crippen molar-refractivity contribution in [2.24, 2.45) is 23.5 Å². The summed E-state index contributed by atoms with van der Waals surface area (Å²) in [4.78, 5) is 30.4. The van der Waals surface area contributed by atoms with E-state index in [0.29, 0.717) is 30.4 Å². The maximum Gasteiger partial charge on any atom is 0.251 e. The number of hydrogen-bond acceptors (Lipinski definition) is 8. The molecule has 6 N–H and O–H groups in total. The average Bonchev–Trinajstić information content (AvgIpc) is 2.87. The topological polar surface area (TPSA) is 148 Å². The number of ketones is 1. The molecular formula is C31H39N3O6. The van der Waals surface area contributed by atoms with Crippen LogP contribution >= 0.6 is 0 Å². The number of likely N-dealkylation sites (N-methyl/N-ethyl adjacent to an activating group) is 1. The highest BCUT2D eigenvalue weighted by molar-refractivity contribution is 6.13. The number of likely N-dealkylation sites (tertiary alicyclic amines) is 1. The fraction of sp³-hybridized carbons (Fsp3) is 0.548. The molecule has 1 aromatic rings. The van der Waals surface area contributed by atoms with Crippen molar-refractivity contribution in [2.75, 3.05) is 33.7 Å². The molecule has 0 spiro atoms. The van der Waals surface area contributed by atoms with E-state index in [0.717, 1.165) is 19.6 Å². The fourth-order valence-corrected chi connectivity index (χ4v) is 7.57. The van der Waals surface area contributed by atoms with Crippen molar-refractivity contribution in [1.82, 2.24) is 9.80 Å². The van der Waals surface area contributed by atoms with Crippen LogP contribution in [-0.4, -0.2) is 87.3 Å². The molecule has 4 unspecified atom stereocenters. The number of carbonyl (C=O) groups excluding carboxylic acids is 2. The summed E-state index contributed by atoms with van der Waals surface area (Å²) in [5.41, 5.74) is 4.77. The van der Waals surface area contributed by atoms with Crippen LogP contribution in [0.15, 0.2) is 34.8 Å². The van der Waals surface area contributed by atoms with Gasteiger partial charge in [0.1, 0.15) is 22.9 Å². The number of benzene rings is 1.